The number of rotatable bonds is 5. The van der Waals surface area contributed by atoms with Crippen molar-refractivity contribution < 1.29 is 0 Å². The minimum absolute atomic E-state index is 0. The van der Waals surface area contributed by atoms with Crippen molar-refractivity contribution in [1.82, 2.24) is 10.2 Å². The lowest BCUT2D eigenvalue weighted by molar-refractivity contribution is 0.104. The van der Waals surface area contributed by atoms with Crippen molar-refractivity contribution in [3.63, 3.8) is 0 Å². The van der Waals surface area contributed by atoms with Gasteiger partial charge in [0, 0.05) is 11.6 Å². The molecule has 2 nitrogen and oxygen atoms in total. The number of nitrogens with zero attached hydrogens (tertiary/aromatic N) is 1. The molecule has 0 spiro atoms. The first-order chi connectivity index (χ1) is 11.3. The Balaban J connectivity index is 0.00000156. The van der Waals surface area contributed by atoms with Gasteiger partial charge in [0.05, 0.1) is 6.17 Å². The third-order valence-electron chi connectivity index (χ3n) is 5.87. The maximum absolute atomic E-state index is 6.30. The van der Waals surface area contributed by atoms with Crippen molar-refractivity contribution in [1.29, 1.82) is 0 Å². The molecule has 1 saturated heterocycles. The van der Waals surface area contributed by atoms with Crippen LogP contribution in [-0.4, -0.2) is 31.2 Å². The molecule has 1 saturated carbocycles. The zero-order valence-electron chi connectivity index (χ0n) is 15.3. The van der Waals surface area contributed by atoms with Crippen molar-refractivity contribution in [2.24, 2.45) is 5.92 Å². The highest BCUT2D eigenvalue weighted by Gasteiger charge is 2.30. The summed E-state index contributed by atoms with van der Waals surface area (Å²) >= 11 is 6.30. The average Bonchev–Trinajstić information content (AvgIpc) is 2.60. The quantitative estimate of drug-likeness (QED) is 0.655. The normalized spacial score (nSPS) is 23.4. The van der Waals surface area contributed by atoms with Gasteiger partial charge >= 0.3 is 0 Å². The van der Waals surface area contributed by atoms with Gasteiger partial charge in [0.1, 0.15) is 0 Å². The molecule has 2 fully saturated rings. The highest BCUT2D eigenvalue weighted by molar-refractivity contribution is 6.30. The molecule has 5 heteroatoms. The zero-order valence-corrected chi connectivity index (χ0v) is 17.6. The second kappa shape index (κ2) is 11.7. The lowest BCUT2D eigenvalue weighted by Crippen LogP contribution is -2.49. The van der Waals surface area contributed by atoms with Gasteiger partial charge in [0.15, 0.2) is 0 Å². The summed E-state index contributed by atoms with van der Waals surface area (Å²) in [5, 5.41) is 4.41. The van der Waals surface area contributed by atoms with Gasteiger partial charge in [0.2, 0.25) is 0 Å². The van der Waals surface area contributed by atoms with Crippen LogP contribution in [0.2, 0.25) is 5.02 Å². The molecule has 0 aromatic heterocycles. The molecule has 2 aliphatic rings. The fourth-order valence-corrected chi connectivity index (χ4v) is 4.79. The first-order valence-corrected chi connectivity index (χ1v) is 9.82. The van der Waals surface area contributed by atoms with Crippen molar-refractivity contribution in [2.75, 3.05) is 20.1 Å². The van der Waals surface area contributed by atoms with Gasteiger partial charge in [0.25, 0.3) is 0 Å². The van der Waals surface area contributed by atoms with Crippen LogP contribution in [0.1, 0.15) is 62.8 Å². The Morgan fingerprint density at radius 3 is 2.48 bits per heavy atom. The van der Waals surface area contributed by atoms with Crippen molar-refractivity contribution in [3.8, 4) is 0 Å². The second-order valence-corrected chi connectivity index (χ2v) is 7.79. The summed E-state index contributed by atoms with van der Waals surface area (Å²) in [7, 11) is 2.11. The van der Waals surface area contributed by atoms with Gasteiger partial charge in [-0.1, -0.05) is 43.0 Å². The van der Waals surface area contributed by atoms with Gasteiger partial charge in [-0.2, -0.15) is 0 Å². The standard InChI is InChI=1S/C20H31ClN2.2ClH/c1-22-20-12-5-6-13-23(20)15-19(16-8-3-2-4-9-16)17-10-7-11-18(21)14-17;;/h7,10-11,14,16,19-20,22H,2-6,8-9,12-13,15H2,1H3;2*1H. The van der Waals surface area contributed by atoms with E-state index in [1.165, 1.54) is 70.0 Å². The van der Waals surface area contributed by atoms with Gasteiger partial charge in [-0.05, 0) is 75.2 Å². The molecule has 2 unspecified atom stereocenters. The molecule has 25 heavy (non-hydrogen) atoms. The lowest BCUT2D eigenvalue weighted by Gasteiger charge is -2.40. The summed E-state index contributed by atoms with van der Waals surface area (Å²) in [6.07, 6.45) is 11.5. The number of benzene rings is 1. The van der Waals surface area contributed by atoms with Gasteiger partial charge < -0.3 is 5.32 Å². The molecule has 1 aliphatic heterocycles. The molecule has 1 aromatic carbocycles. The number of nitrogens with one attached hydrogen (secondary N) is 1. The third-order valence-corrected chi connectivity index (χ3v) is 6.11. The average molecular weight is 408 g/mol. The summed E-state index contributed by atoms with van der Waals surface area (Å²) in [6, 6.07) is 8.63. The molecule has 1 aliphatic carbocycles. The molecule has 1 aromatic rings. The van der Waals surface area contributed by atoms with E-state index in [-0.39, 0.29) is 24.8 Å². The molecule has 2 atom stereocenters. The minimum Gasteiger partial charge on any atom is -0.305 e. The summed E-state index contributed by atoms with van der Waals surface area (Å²) in [4.78, 5) is 2.68. The Morgan fingerprint density at radius 1 is 1.08 bits per heavy atom. The molecule has 0 radical (unpaired) electrons. The largest absolute Gasteiger partial charge is 0.305 e. The van der Waals surface area contributed by atoms with E-state index in [0.29, 0.717) is 12.1 Å². The van der Waals surface area contributed by atoms with E-state index >= 15 is 0 Å². The van der Waals surface area contributed by atoms with Crippen LogP contribution in [0.3, 0.4) is 0 Å². The van der Waals surface area contributed by atoms with Crippen LogP contribution in [0.5, 0.6) is 0 Å². The monoisotopic (exact) mass is 406 g/mol. The van der Waals surface area contributed by atoms with Crippen LogP contribution in [0.4, 0.5) is 0 Å². The summed E-state index contributed by atoms with van der Waals surface area (Å²) in [5.41, 5.74) is 1.45. The van der Waals surface area contributed by atoms with E-state index in [1.54, 1.807) is 0 Å². The SMILES string of the molecule is CNC1CCCCN1CC(c1cccc(Cl)c1)C1CCCCC1.Cl.Cl. The van der Waals surface area contributed by atoms with Gasteiger partial charge in [-0.3, -0.25) is 4.90 Å². The Bertz CT molecular complexity index is 492. The predicted molar refractivity (Wildman–Crippen MR) is 114 cm³/mol. The summed E-state index contributed by atoms with van der Waals surface area (Å²) < 4.78 is 0. The van der Waals surface area contributed by atoms with Gasteiger partial charge in [-0.15, -0.1) is 24.8 Å². The number of hydrogen-bond donors (Lipinski definition) is 1. The maximum atomic E-state index is 6.30. The zero-order chi connectivity index (χ0) is 16.1. The topological polar surface area (TPSA) is 15.3 Å². The second-order valence-electron chi connectivity index (χ2n) is 7.35. The highest BCUT2D eigenvalue weighted by Crippen LogP contribution is 2.38. The van der Waals surface area contributed by atoms with Crippen LogP contribution in [0, 0.1) is 5.92 Å². The van der Waals surface area contributed by atoms with E-state index in [2.05, 4.69) is 35.5 Å². The first-order valence-electron chi connectivity index (χ1n) is 9.44. The summed E-state index contributed by atoms with van der Waals surface area (Å²) in [6.45, 7) is 2.41. The van der Waals surface area contributed by atoms with E-state index in [9.17, 15) is 0 Å². The molecule has 144 valence electrons. The van der Waals surface area contributed by atoms with E-state index in [4.69, 9.17) is 11.6 Å². The van der Waals surface area contributed by atoms with Crippen LogP contribution < -0.4 is 5.32 Å². The Labute approximate surface area is 170 Å². The maximum Gasteiger partial charge on any atom is 0.0594 e. The smallest absolute Gasteiger partial charge is 0.0594 e. The summed E-state index contributed by atoms with van der Waals surface area (Å²) in [5.74, 6) is 1.45. The third kappa shape index (κ3) is 6.29. The molecule has 0 amide bonds. The number of halogens is 3. The first kappa shape index (κ1) is 23.0. The molecule has 1 N–H and O–H groups in total. The Hall–Kier alpha value is 0.01000. The molecule has 0 bridgehead atoms. The molecular formula is C20H33Cl3N2. The molecule has 1 heterocycles. The number of piperidine rings is 1. The van der Waals surface area contributed by atoms with Gasteiger partial charge in [-0.25, -0.2) is 0 Å². The number of hydrogen-bond acceptors (Lipinski definition) is 2. The van der Waals surface area contributed by atoms with Crippen LogP contribution in [0.15, 0.2) is 24.3 Å². The van der Waals surface area contributed by atoms with Crippen LogP contribution in [0.25, 0.3) is 0 Å². The van der Waals surface area contributed by atoms with Crippen molar-refractivity contribution in [3.05, 3.63) is 34.9 Å². The number of likely N-dealkylation sites (tertiary alicyclic amines) is 1. The van der Waals surface area contributed by atoms with E-state index in [1.807, 2.05) is 6.07 Å². The fourth-order valence-electron chi connectivity index (χ4n) is 4.59. The fraction of sp³-hybridized carbons (Fsp3) is 0.700. The van der Waals surface area contributed by atoms with Crippen molar-refractivity contribution >= 4 is 36.4 Å². The predicted octanol–water partition coefficient (Wildman–Crippen LogP) is 5.88. The van der Waals surface area contributed by atoms with E-state index in [0.717, 1.165) is 10.9 Å². The van der Waals surface area contributed by atoms with Crippen LogP contribution in [-0.2, 0) is 0 Å². The molecular weight excluding hydrogens is 375 g/mol. The Kier molecular flexibility index (Phi) is 10.8. The minimum atomic E-state index is 0. The molecule has 3 rings (SSSR count). The van der Waals surface area contributed by atoms with E-state index < -0.39 is 0 Å². The van der Waals surface area contributed by atoms with Crippen LogP contribution >= 0.6 is 36.4 Å². The highest BCUT2D eigenvalue weighted by atomic mass is 35.5. The van der Waals surface area contributed by atoms with Crippen molar-refractivity contribution in [2.45, 2.75) is 63.5 Å². The lowest BCUT2D eigenvalue weighted by atomic mass is 9.76. The Morgan fingerprint density at radius 2 is 1.80 bits per heavy atom.